The van der Waals surface area contributed by atoms with Crippen molar-refractivity contribution in [2.75, 3.05) is 32.7 Å². The number of halogens is 5. The average Bonchev–Trinajstić information content (AvgIpc) is 3.12. The number of aromatic amines is 1. The van der Waals surface area contributed by atoms with Gasteiger partial charge in [-0.2, -0.15) is 18.3 Å². The molecule has 1 aliphatic heterocycles. The van der Waals surface area contributed by atoms with Gasteiger partial charge in [-0.1, -0.05) is 0 Å². The van der Waals surface area contributed by atoms with Gasteiger partial charge in [-0.05, 0) is 12.1 Å². The lowest BCUT2D eigenvalue weighted by molar-refractivity contribution is -0.183. The Bertz CT molecular complexity index is 737. The molecule has 0 bridgehead atoms. The molecule has 0 aromatic carbocycles. The number of pyridine rings is 1. The van der Waals surface area contributed by atoms with Crippen LogP contribution in [0.25, 0.3) is 11.3 Å². The molecule has 28 heavy (non-hydrogen) atoms. The van der Waals surface area contributed by atoms with Crippen LogP contribution in [0, 0.1) is 0 Å². The van der Waals surface area contributed by atoms with Crippen molar-refractivity contribution in [2.45, 2.75) is 12.2 Å². The van der Waals surface area contributed by atoms with E-state index in [2.05, 4.69) is 25.8 Å². The van der Waals surface area contributed by atoms with Gasteiger partial charge in [0.1, 0.15) is 6.04 Å². The summed E-state index contributed by atoms with van der Waals surface area (Å²) >= 11 is 0. The van der Waals surface area contributed by atoms with Crippen LogP contribution < -0.4 is 10.6 Å². The van der Waals surface area contributed by atoms with E-state index in [1.807, 2.05) is 0 Å². The SMILES string of the molecule is Cl.Cl.O=C(NCC(N1CCNCC1)C(F)(F)F)c1cn[nH]c1-c1ccncc1. The molecule has 12 heteroatoms. The molecule has 3 heterocycles. The number of aromatic nitrogens is 3. The minimum atomic E-state index is -4.42. The molecule has 3 rings (SSSR count). The Morgan fingerprint density at radius 2 is 1.86 bits per heavy atom. The Morgan fingerprint density at radius 3 is 2.46 bits per heavy atom. The number of carbonyl (C=O) groups is 1. The van der Waals surface area contributed by atoms with E-state index in [1.165, 1.54) is 11.1 Å². The number of nitrogens with one attached hydrogen (secondary N) is 3. The van der Waals surface area contributed by atoms with Gasteiger partial charge in [0.05, 0.1) is 17.5 Å². The summed E-state index contributed by atoms with van der Waals surface area (Å²) in [4.78, 5) is 17.7. The van der Waals surface area contributed by atoms with Crippen molar-refractivity contribution >= 4 is 30.7 Å². The molecule has 2 aromatic heterocycles. The minimum absolute atomic E-state index is 0. The Morgan fingerprint density at radius 1 is 1.21 bits per heavy atom. The highest BCUT2D eigenvalue weighted by Gasteiger charge is 2.43. The topological polar surface area (TPSA) is 85.9 Å². The molecule has 0 spiro atoms. The molecular weight excluding hydrogens is 420 g/mol. The van der Waals surface area contributed by atoms with Crippen LogP contribution in [0.15, 0.2) is 30.7 Å². The Balaban J connectivity index is 0.00000196. The van der Waals surface area contributed by atoms with E-state index in [0.29, 0.717) is 24.3 Å². The Kier molecular flexibility index (Phi) is 9.15. The zero-order chi connectivity index (χ0) is 18.6. The summed E-state index contributed by atoms with van der Waals surface area (Å²) in [6.07, 6.45) is -0.00266. The van der Waals surface area contributed by atoms with Crippen LogP contribution in [0.4, 0.5) is 13.2 Å². The summed E-state index contributed by atoms with van der Waals surface area (Å²) in [5, 5.41) is 12.0. The quantitative estimate of drug-likeness (QED) is 0.660. The van der Waals surface area contributed by atoms with Gasteiger partial charge in [0.2, 0.25) is 0 Å². The van der Waals surface area contributed by atoms with Crippen molar-refractivity contribution in [3.8, 4) is 11.3 Å². The number of nitrogens with zero attached hydrogens (tertiary/aromatic N) is 3. The first-order valence-electron chi connectivity index (χ1n) is 8.20. The smallest absolute Gasteiger partial charge is 0.350 e. The molecule has 0 saturated carbocycles. The number of hydrogen-bond donors (Lipinski definition) is 3. The summed E-state index contributed by atoms with van der Waals surface area (Å²) in [6.45, 7) is 1.05. The van der Waals surface area contributed by atoms with Crippen molar-refractivity contribution in [3.63, 3.8) is 0 Å². The van der Waals surface area contributed by atoms with E-state index in [0.717, 1.165) is 0 Å². The molecular formula is C16H21Cl2F3N6O. The first-order chi connectivity index (χ1) is 12.5. The van der Waals surface area contributed by atoms with Crippen LogP contribution in [0.2, 0.25) is 0 Å². The predicted octanol–water partition coefficient (Wildman–Crippen LogP) is 1.88. The molecule has 156 valence electrons. The van der Waals surface area contributed by atoms with Crippen LogP contribution >= 0.6 is 24.8 Å². The van der Waals surface area contributed by atoms with Gasteiger partial charge in [0, 0.05) is 50.7 Å². The molecule has 3 N–H and O–H groups in total. The number of rotatable bonds is 5. The van der Waals surface area contributed by atoms with Crippen LogP contribution in [0.3, 0.4) is 0 Å². The third-order valence-electron chi connectivity index (χ3n) is 4.28. The molecule has 2 aromatic rings. The number of amides is 1. The zero-order valence-corrected chi connectivity index (χ0v) is 16.3. The monoisotopic (exact) mass is 440 g/mol. The second kappa shape index (κ2) is 10.6. The van der Waals surface area contributed by atoms with Crippen LogP contribution in [-0.2, 0) is 0 Å². The van der Waals surface area contributed by atoms with Crippen molar-refractivity contribution in [1.82, 2.24) is 30.7 Å². The molecule has 1 unspecified atom stereocenters. The maximum atomic E-state index is 13.4. The fourth-order valence-electron chi connectivity index (χ4n) is 2.93. The van der Waals surface area contributed by atoms with E-state index in [4.69, 9.17) is 0 Å². The standard InChI is InChI=1S/C16H19F3N6O.2ClH/c17-16(18,19)13(25-7-5-21-6-8-25)10-22-15(26)12-9-23-24-14(12)11-1-3-20-4-2-11;;/h1-4,9,13,21H,5-8,10H2,(H,22,26)(H,23,24);2*1H. The van der Waals surface area contributed by atoms with E-state index in [-0.39, 0.29) is 43.5 Å². The fraction of sp³-hybridized carbons (Fsp3) is 0.438. The highest BCUT2D eigenvalue weighted by Crippen LogP contribution is 2.25. The second-order valence-corrected chi connectivity index (χ2v) is 5.95. The first-order valence-corrected chi connectivity index (χ1v) is 8.20. The molecule has 1 atom stereocenters. The van der Waals surface area contributed by atoms with Gasteiger partial charge in [0.25, 0.3) is 5.91 Å². The van der Waals surface area contributed by atoms with Crippen LogP contribution in [-0.4, -0.2) is 70.9 Å². The number of piperazine rings is 1. The molecule has 1 saturated heterocycles. The van der Waals surface area contributed by atoms with Gasteiger partial charge < -0.3 is 10.6 Å². The van der Waals surface area contributed by atoms with Crippen molar-refractivity contribution in [2.24, 2.45) is 0 Å². The summed E-state index contributed by atoms with van der Waals surface area (Å²) < 4.78 is 40.2. The third kappa shape index (κ3) is 5.81. The minimum Gasteiger partial charge on any atom is -0.350 e. The van der Waals surface area contributed by atoms with E-state index >= 15 is 0 Å². The molecule has 7 nitrogen and oxygen atoms in total. The van der Waals surface area contributed by atoms with E-state index in [1.54, 1.807) is 24.5 Å². The lowest BCUT2D eigenvalue weighted by Crippen LogP contribution is -2.57. The van der Waals surface area contributed by atoms with Crippen molar-refractivity contribution in [3.05, 3.63) is 36.3 Å². The first kappa shape index (κ1) is 24.2. The van der Waals surface area contributed by atoms with Crippen LogP contribution in [0.5, 0.6) is 0 Å². The lowest BCUT2D eigenvalue weighted by atomic mass is 10.1. The lowest BCUT2D eigenvalue weighted by Gasteiger charge is -2.35. The fourth-order valence-corrected chi connectivity index (χ4v) is 2.93. The van der Waals surface area contributed by atoms with Crippen molar-refractivity contribution in [1.29, 1.82) is 0 Å². The maximum Gasteiger partial charge on any atom is 0.405 e. The number of H-pyrrole nitrogens is 1. The Labute approximate surface area is 172 Å². The summed E-state index contributed by atoms with van der Waals surface area (Å²) in [6, 6.07) is 1.65. The molecule has 0 radical (unpaired) electrons. The molecule has 1 aliphatic rings. The Hall–Kier alpha value is -1.88. The molecule has 0 aliphatic carbocycles. The van der Waals surface area contributed by atoms with E-state index in [9.17, 15) is 18.0 Å². The van der Waals surface area contributed by atoms with Gasteiger partial charge in [-0.25, -0.2) is 0 Å². The normalized spacial score (nSPS) is 15.8. The third-order valence-corrected chi connectivity index (χ3v) is 4.28. The maximum absolute atomic E-state index is 13.4. The highest BCUT2D eigenvalue weighted by atomic mass is 35.5. The van der Waals surface area contributed by atoms with Gasteiger partial charge in [-0.3, -0.25) is 19.8 Å². The predicted molar refractivity (Wildman–Crippen MR) is 103 cm³/mol. The van der Waals surface area contributed by atoms with Crippen LogP contribution in [0.1, 0.15) is 10.4 Å². The molecule has 1 fully saturated rings. The zero-order valence-electron chi connectivity index (χ0n) is 14.7. The summed E-state index contributed by atoms with van der Waals surface area (Å²) in [5.74, 6) is -0.602. The van der Waals surface area contributed by atoms with Crippen molar-refractivity contribution < 1.29 is 18.0 Å². The largest absolute Gasteiger partial charge is 0.405 e. The number of hydrogen-bond acceptors (Lipinski definition) is 5. The molecule has 1 amide bonds. The van der Waals surface area contributed by atoms with E-state index < -0.39 is 24.7 Å². The number of alkyl halides is 3. The summed E-state index contributed by atoms with van der Waals surface area (Å²) in [5.41, 5.74) is 1.31. The highest BCUT2D eigenvalue weighted by molar-refractivity contribution is 5.99. The summed E-state index contributed by atoms with van der Waals surface area (Å²) in [7, 11) is 0. The van der Waals surface area contributed by atoms with Gasteiger partial charge in [0.15, 0.2) is 0 Å². The number of carbonyl (C=O) groups excluding carboxylic acids is 1. The second-order valence-electron chi connectivity index (χ2n) is 5.95. The van der Waals surface area contributed by atoms with Gasteiger partial charge in [-0.15, -0.1) is 24.8 Å². The average molecular weight is 441 g/mol. The van der Waals surface area contributed by atoms with Gasteiger partial charge >= 0.3 is 6.18 Å².